The molecule has 1 fully saturated rings. The van der Waals surface area contributed by atoms with E-state index in [1.165, 1.54) is 30.7 Å². The van der Waals surface area contributed by atoms with E-state index in [0.717, 1.165) is 24.8 Å². The lowest BCUT2D eigenvalue weighted by Crippen LogP contribution is -2.35. The fourth-order valence-corrected chi connectivity index (χ4v) is 5.34. The molecule has 0 atom stereocenters. The summed E-state index contributed by atoms with van der Waals surface area (Å²) >= 11 is 0. The van der Waals surface area contributed by atoms with Crippen molar-refractivity contribution in [3.8, 4) is 17.2 Å². The van der Waals surface area contributed by atoms with Gasteiger partial charge in [0, 0.05) is 18.8 Å². The summed E-state index contributed by atoms with van der Waals surface area (Å²) in [6.07, 6.45) is 6.51. The molecule has 1 saturated heterocycles. The molecule has 0 radical (unpaired) electrons. The second-order valence-electron chi connectivity index (χ2n) is 7.58. The van der Waals surface area contributed by atoms with Crippen molar-refractivity contribution in [2.75, 3.05) is 39.2 Å². The zero-order valence-electron chi connectivity index (χ0n) is 19.2. The topological polar surface area (TPSA) is 94.2 Å². The van der Waals surface area contributed by atoms with Gasteiger partial charge in [0.25, 0.3) is 5.91 Å². The van der Waals surface area contributed by atoms with E-state index < -0.39 is 15.9 Å². The van der Waals surface area contributed by atoms with Crippen molar-refractivity contribution < 1.29 is 27.4 Å². The van der Waals surface area contributed by atoms with Crippen LogP contribution in [0.2, 0.25) is 0 Å². The van der Waals surface area contributed by atoms with Crippen LogP contribution < -0.4 is 19.5 Å². The fourth-order valence-electron chi connectivity index (χ4n) is 3.64. The van der Waals surface area contributed by atoms with Gasteiger partial charge in [-0.15, -0.1) is 0 Å². The smallest absolute Gasteiger partial charge is 0.262 e. The maximum absolute atomic E-state index is 13.2. The number of ether oxygens (including phenoxy) is 3. The van der Waals surface area contributed by atoms with Crippen LogP contribution in [0.25, 0.3) is 6.08 Å². The largest absolute Gasteiger partial charge is 0.495 e. The molecule has 9 heteroatoms. The Kier molecular flexibility index (Phi) is 8.35. The van der Waals surface area contributed by atoms with E-state index >= 15 is 0 Å². The Hall–Kier alpha value is -3.04. The number of carbonyl (C=O) groups excluding carboxylic acids is 1. The minimum absolute atomic E-state index is 0.0341. The number of sulfonamides is 1. The summed E-state index contributed by atoms with van der Waals surface area (Å²) in [5, 5.41) is 2.69. The third kappa shape index (κ3) is 6.06. The molecule has 1 aliphatic heterocycles. The van der Waals surface area contributed by atoms with Crippen LogP contribution in [0.5, 0.6) is 17.2 Å². The first-order chi connectivity index (χ1) is 15.9. The quantitative estimate of drug-likeness (QED) is 0.592. The molecule has 0 spiro atoms. The average molecular weight is 475 g/mol. The maximum atomic E-state index is 13.2. The highest BCUT2D eigenvalue weighted by molar-refractivity contribution is 7.89. The molecule has 0 aliphatic carbocycles. The zero-order chi connectivity index (χ0) is 23.8. The lowest BCUT2D eigenvalue weighted by atomic mass is 10.2. The predicted molar refractivity (Wildman–Crippen MR) is 127 cm³/mol. The fraction of sp³-hybridized carbons (Fsp3) is 0.375. The Balaban J connectivity index is 1.72. The molecule has 0 bridgehead atoms. The Morgan fingerprint density at radius 3 is 2.36 bits per heavy atom. The Labute approximate surface area is 195 Å². The van der Waals surface area contributed by atoms with Crippen molar-refractivity contribution in [1.82, 2.24) is 4.31 Å². The zero-order valence-corrected chi connectivity index (χ0v) is 20.0. The van der Waals surface area contributed by atoms with Gasteiger partial charge in [-0.3, -0.25) is 4.79 Å². The van der Waals surface area contributed by atoms with E-state index in [1.54, 1.807) is 12.1 Å². The summed E-state index contributed by atoms with van der Waals surface area (Å²) in [6.45, 7) is 2.61. The minimum atomic E-state index is -3.73. The predicted octanol–water partition coefficient (Wildman–Crippen LogP) is 3.93. The standard InChI is InChI=1S/C24H30N2O6S/c1-4-8-18-9-11-20(22(15-18)31-3)32-17-24(27)25-19-10-12-21(30-2)23(16-19)33(28,29)26-13-6-5-7-14-26/h4,8-12,15-16H,5-7,13-14,17H2,1-3H3,(H,25,27). The number of nitrogens with zero attached hydrogens (tertiary/aromatic N) is 1. The summed E-state index contributed by atoms with van der Waals surface area (Å²) in [6, 6.07) is 9.96. The van der Waals surface area contributed by atoms with Crippen LogP contribution in [0.3, 0.4) is 0 Å². The van der Waals surface area contributed by atoms with Gasteiger partial charge in [-0.2, -0.15) is 4.31 Å². The third-order valence-corrected chi connectivity index (χ3v) is 7.21. The summed E-state index contributed by atoms with van der Waals surface area (Å²) in [7, 11) is -0.779. The van der Waals surface area contributed by atoms with Crippen molar-refractivity contribution in [2.45, 2.75) is 31.1 Å². The first-order valence-corrected chi connectivity index (χ1v) is 12.2. The third-order valence-electron chi connectivity index (χ3n) is 5.29. The number of allylic oxidation sites excluding steroid dienone is 1. The van der Waals surface area contributed by atoms with Gasteiger partial charge in [0.2, 0.25) is 10.0 Å². The van der Waals surface area contributed by atoms with Gasteiger partial charge in [-0.05, 0) is 55.7 Å². The molecule has 178 valence electrons. The van der Waals surface area contributed by atoms with E-state index in [0.29, 0.717) is 30.3 Å². The molecule has 2 aromatic carbocycles. The monoisotopic (exact) mass is 474 g/mol. The number of nitrogens with one attached hydrogen (secondary N) is 1. The Morgan fingerprint density at radius 2 is 1.70 bits per heavy atom. The lowest BCUT2D eigenvalue weighted by Gasteiger charge is -2.26. The second kappa shape index (κ2) is 11.2. The number of amides is 1. The van der Waals surface area contributed by atoms with Gasteiger partial charge in [0.1, 0.15) is 10.6 Å². The number of anilines is 1. The van der Waals surface area contributed by atoms with Crippen molar-refractivity contribution in [2.24, 2.45) is 0 Å². The van der Waals surface area contributed by atoms with Gasteiger partial charge in [0.15, 0.2) is 18.1 Å². The van der Waals surface area contributed by atoms with Crippen molar-refractivity contribution in [3.05, 3.63) is 48.0 Å². The summed E-state index contributed by atoms with van der Waals surface area (Å²) in [5.74, 6) is 0.753. The van der Waals surface area contributed by atoms with Crippen molar-refractivity contribution >= 4 is 27.7 Å². The van der Waals surface area contributed by atoms with Crippen LogP contribution in [-0.2, 0) is 14.8 Å². The molecular weight excluding hydrogens is 444 g/mol. The van der Waals surface area contributed by atoms with Gasteiger partial charge >= 0.3 is 0 Å². The Morgan fingerprint density at radius 1 is 1.00 bits per heavy atom. The molecule has 0 unspecified atom stereocenters. The van der Waals surface area contributed by atoms with Crippen molar-refractivity contribution in [3.63, 3.8) is 0 Å². The minimum Gasteiger partial charge on any atom is -0.495 e. The highest BCUT2D eigenvalue weighted by Gasteiger charge is 2.29. The average Bonchev–Trinajstić information content (AvgIpc) is 2.83. The maximum Gasteiger partial charge on any atom is 0.262 e. The highest BCUT2D eigenvalue weighted by atomic mass is 32.2. The van der Waals surface area contributed by atoms with Gasteiger partial charge in [0.05, 0.1) is 14.2 Å². The molecule has 33 heavy (non-hydrogen) atoms. The molecule has 0 saturated carbocycles. The SMILES string of the molecule is CC=Cc1ccc(OCC(=O)Nc2ccc(OC)c(S(=O)(=O)N3CCCCC3)c2)c(OC)c1. The molecule has 1 aliphatic rings. The molecular formula is C24H30N2O6S. The van der Waals surface area contributed by atoms with Gasteiger partial charge in [-0.25, -0.2) is 8.42 Å². The van der Waals surface area contributed by atoms with Crippen LogP contribution >= 0.6 is 0 Å². The van der Waals surface area contributed by atoms with E-state index in [4.69, 9.17) is 14.2 Å². The van der Waals surface area contributed by atoms with E-state index in [9.17, 15) is 13.2 Å². The van der Waals surface area contributed by atoms with E-state index in [2.05, 4.69) is 5.32 Å². The second-order valence-corrected chi connectivity index (χ2v) is 9.48. The first-order valence-electron chi connectivity index (χ1n) is 10.8. The summed E-state index contributed by atoms with van der Waals surface area (Å²) in [4.78, 5) is 12.5. The van der Waals surface area contributed by atoms with Crippen LogP contribution in [0, 0.1) is 0 Å². The van der Waals surface area contributed by atoms with Crippen molar-refractivity contribution in [1.29, 1.82) is 0 Å². The lowest BCUT2D eigenvalue weighted by molar-refractivity contribution is -0.118. The highest BCUT2D eigenvalue weighted by Crippen LogP contribution is 2.31. The number of methoxy groups -OCH3 is 2. The number of carbonyl (C=O) groups is 1. The van der Waals surface area contributed by atoms with Crippen LogP contribution in [0.1, 0.15) is 31.7 Å². The molecule has 2 aromatic rings. The van der Waals surface area contributed by atoms with Gasteiger partial charge in [-0.1, -0.05) is 24.6 Å². The molecule has 0 aromatic heterocycles. The molecule has 1 N–H and O–H groups in total. The van der Waals surface area contributed by atoms with E-state index in [-0.39, 0.29) is 17.3 Å². The number of hydrogen-bond donors (Lipinski definition) is 1. The Bertz CT molecular complexity index is 1110. The number of piperidine rings is 1. The molecule has 3 rings (SSSR count). The number of hydrogen-bond acceptors (Lipinski definition) is 6. The molecule has 8 nitrogen and oxygen atoms in total. The first kappa shape index (κ1) is 24.6. The molecule has 1 heterocycles. The number of benzene rings is 2. The van der Waals surface area contributed by atoms with Gasteiger partial charge < -0.3 is 19.5 Å². The molecule has 1 amide bonds. The van der Waals surface area contributed by atoms with Crippen LogP contribution in [-0.4, -0.2) is 52.5 Å². The van der Waals surface area contributed by atoms with Crippen LogP contribution in [0.15, 0.2) is 47.4 Å². The van der Waals surface area contributed by atoms with E-state index in [1.807, 2.05) is 31.2 Å². The summed E-state index contributed by atoms with van der Waals surface area (Å²) in [5.41, 5.74) is 1.29. The normalized spacial score (nSPS) is 14.8. The number of rotatable bonds is 9. The summed E-state index contributed by atoms with van der Waals surface area (Å²) < 4.78 is 44.0. The van der Waals surface area contributed by atoms with Crippen LogP contribution in [0.4, 0.5) is 5.69 Å².